The molecule has 2 saturated heterocycles. The van der Waals surface area contributed by atoms with Crippen molar-refractivity contribution in [1.82, 2.24) is 5.32 Å². The van der Waals surface area contributed by atoms with Crippen molar-refractivity contribution >= 4 is 0 Å². The van der Waals surface area contributed by atoms with Crippen LogP contribution in [0.15, 0.2) is 24.3 Å². The van der Waals surface area contributed by atoms with Crippen LogP contribution < -0.4 is 10.1 Å². The highest BCUT2D eigenvalue weighted by atomic mass is 16.5. The van der Waals surface area contributed by atoms with E-state index in [0.717, 1.165) is 12.2 Å². The predicted molar refractivity (Wildman–Crippen MR) is 80.2 cm³/mol. The summed E-state index contributed by atoms with van der Waals surface area (Å²) in [6.45, 7) is 0. The second-order valence-electron chi connectivity index (χ2n) is 6.06. The minimum absolute atomic E-state index is 0.508. The fraction of sp³-hybridized carbons (Fsp3) is 0.647. The highest BCUT2D eigenvalue weighted by Gasteiger charge is 2.43. The summed E-state index contributed by atoms with van der Waals surface area (Å²) in [5, 5.41) is 3.52. The number of benzene rings is 1. The number of hydrogen-bond donors (Lipinski definition) is 1. The van der Waals surface area contributed by atoms with E-state index in [0.29, 0.717) is 24.2 Å². The third-order valence-electron chi connectivity index (χ3n) is 4.94. The Balaban J connectivity index is 1.55. The van der Waals surface area contributed by atoms with Crippen LogP contribution in [0.5, 0.6) is 5.75 Å². The van der Waals surface area contributed by atoms with E-state index in [2.05, 4.69) is 24.5 Å². The first-order valence-corrected chi connectivity index (χ1v) is 7.76. The van der Waals surface area contributed by atoms with Crippen LogP contribution in [-0.4, -0.2) is 32.4 Å². The summed E-state index contributed by atoms with van der Waals surface area (Å²) in [6.07, 6.45) is 7.13. The highest BCUT2D eigenvalue weighted by molar-refractivity contribution is 5.27. The maximum Gasteiger partial charge on any atom is 0.118 e. The van der Waals surface area contributed by atoms with Gasteiger partial charge in [0.25, 0.3) is 0 Å². The SMILES string of the molecule is CNC(CCc1ccc(OC)cc1)C1CC2CCC1O2. The number of rotatable bonds is 6. The zero-order chi connectivity index (χ0) is 13.9. The van der Waals surface area contributed by atoms with E-state index in [4.69, 9.17) is 9.47 Å². The zero-order valence-corrected chi connectivity index (χ0v) is 12.5. The van der Waals surface area contributed by atoms with Gasteiger partial charge in [0.1, 0.15) is 5.75 Å². The van der Waals surface area contributed by atoms with Crippen LogP contribution >= 0.6 is 0 Å². The summed E-state index contributed by atoms with van der Waals surface area (Å²) in [4.78, 5) is 0. The largest absolute Gasteiger partial charge is 0.497 e. The number of ether oxygens (including phenoxy) is 2. The van der Waals surface area contributed by atoms with Gasteiger partial charge in [0.15, 0.2) is 0 Å². The molecule has 3 nitrogen and oxygen atoms in total. The number of methoxy groups -OCH3 is 1. The van der Waals surface area contributed by atoms with Gasteiger partial charge >= 0.3 is 0 Å². The lowest BCUT2D eigenvalue weighted by Crippen LogP contribution is -2.39. The molecule has 2 heterocycles. The van der Waals surface area contributed by atoms with E-state index in [1.54, 1.807) is 7.11 Å². The van der Waals surface area contributed by atoms with Crippen molar-refractivity contribution in [2.45, 2.75) is 50.4 Å². The number of aryl methyl sites for hydroxylation is 1. The van der Waals surface area contributed by atoms with Gasteiger partial charge in [-0.15, -0.1) is 0 Å². The first-order valence-electron chi connectivity index (χ1n) is 7.76. The molecule has 2 bridgehead atoms. The van der Waals surface area contributed by atoms with Crippen LogP contribution in [-0.2, 0) is 11.2 Å². The van der Waals surface area contributed by atoms with Gasteiger partial charge in [-0.25, -0.2) is 0 Å². The topological polar surface area (TPSA) is 30.5 Å². The van der Waals surface area contributed by atoms with E-state index in [1.165, 1.54) is 31.2 Å². The molecule has 3 heteroatoms. The molecule has 110 valence electrons. The lowest BCUT2D eigenvalue weighted by Gasteiger charge is -2.28. The molecule has 0 spiro atoms. The normalized spacial score (nSPS) is 29.6. The molecule has 0 aromatic heterocycles. The van der Waals surface area contributed by atoms with Gasteiger partial charge in [-0.3, -0.25) is 0 Å². The molecular formula is C17H25NO2. The second-order valence-corrected chi connectivity index (χ2v) is 6.06. The number of nitrogens with one attached hydrogen (secondary N) is 1. The molecule has 1 N–H and O–H groups in total. The maximum atomic E-state index is 5.99. The van der Waals surface area contributed by atoms with Crippen LogP contribution in [0.25, 0.3) is 0 Å². The lowest BCUT2D eigenvalue weighted by atomic mass is 9.82. The molecule has 20 heavy (non-hydrogen) atoms. The number of hydrogen-bond acceptors (Lipinski definition) is 3. The van der Waals surface area contributed by atoms with Gasteiger partial charge in [0.05, 0.1) is 19.3 Å². The van der Waals surface area contributed by atoms with Crippen molar-refractivity contribution in [2.24, 2.45) is 5.92 Å². The molecule has 4 atom stereocenters. The average molecular weight is 275 g/mol. The summed E-state index contributed by atoms with van der Waals surface area (Å²) in [7, 11) is 3.80. The zero-order valence-electron chi connectivity index (χ0n) is 12.5. The predicted octanol–water partition coefficient (Wildman–Crippen LogP) is 2.78. The quantitative estimate of drug-likeness (QED) is 0.866. The summed E-state index contributed by atoms with van der Waals surface area (Å²) in [5.74, 6) is 1.64. The van der Waals surface area contributed by atoms with E-state index < -0.39 is 0 Å². The van der Waals surface area contributed by atoms with Gasteiger partial charge in [0.2, 0.25) is 0 Å². The summed E-state index contributed by atoms with van der Waals surface area (Å²) in [5.41, 5.74) is 1.38. The molecule has 0 saturated carbocycles. The van der Waals surface area contributed by atoms with Crippen molar-refractivity contribution in [3.63, 3.8) is 0 Å². The Hall–Kier alpha value is -1.06. The first kappa shape index (κ1) is 13.9. The first-order chi connectivity index (χ1) is 9.80. The molecule has 2 fully saturated rings. The highest BCUT2D eigenvalue weighted by Crippen LogP contribution is 2.41. The molecule has 1 aromatic carbocycles. The molecular weight excluding hydrogens is 250 g/mol. The van der Waals surface area contributed by atoms with Crippen LogP contribution in [0, 0.1) is 5.92 Å². The number of fused-ring (bicyclic) bond motifs is 2. The molecule has 0 radical (unpaired) electrons. The van der Waals surface area contributed by atoms with Crippen molar-refractivity contribution in [2.75, 3.05) is 14.2 Å². The third kappa shape index (κ3) is 2.84. The fourth-order valence-corrected chi connectivity index (χ4v) is 3.79. The van der Waals surface area contributed by atoms with E-state index >= 15 is 0 Å². The van der Waals surface area contributed by atoms with Gasteiger partial charge in [0, 0.05) is 12.0 Å². The Morgan fingerprint density at radius 3 is 2.65 bits per heavy atom. The van der Waals surface area contributed by atoms with Crippen molar-refractivity contribution < 1.29 is 9.47 Å². The summed E-state index contributed by atoms with van der Waals surface area (Å²) in [6, 6.07) is 9.01. The van der Waals surface area contributed by atoms with Crippen molar-refractivity contribution in [3.05, 3.63) is 29.8 Å². The Morgan fingerprint density at radius 1 is 1.30 bits per heavy atom. The smallest absolute Gasteiger partial charge is 0.118 e. The van der Waals surface area contributed by atoms with Gasteiger partial charge in [-0.2, -0.15) is 0 Å². The van der Waals surface area contributed by atoms with Crippen LogP contribution in [0.1, 0.15) is 31.2 Å². The van der Waals surface area contributed by atoms with Crippen molar-refractivity contribution in [3.8, 4) is 5.75 Å². The summed E-state index contributed by atoms with van der Waals surface area (Å²) < 4.78 is 11.2. The molecule has 0 aliphatic carbocycles. The molecule has 4 unspecified atom stereocenters. The van der Waals surface area contributed by atoms with Gasteiger partial charge in [-0.05, 0) is 56.8 Å². The van der Waals surface area contributed by atoms with E-state index in [-0.39, 0.29) is 0 Å². The lowest BCUT2D eigenvalue weighted by molar-refractivity contribution is 0.0856. The maximum absolute atomic E-state index is 5.99. The standard InChI is InChI=1S/C17H25NO2/c1-18-16(15-11-14-8-10-17(15)20-14)9-5-12-3-6-13(19-2)7-4-12/h3-4,6-7,14-18H,5,8-11H2,1-2H3. The second kappa shape index (κ2) is 6.15. The van der Waals surface area contributed by atoms with Gasteiger partial charge in [-0.1, -0.05) is 12.1 Å². The minimum atomic E-state index is 0.508. The Kier molecular flexibility index (Phi) is 4.27. The van der Waals surface area contributed by atoms with Crippen LogP contribution in [0.3, 0.4) is 0 Å². The van der Waals surface area contributed by atoms with E-state index in [1.807, 2.05) is 12.1 Å². The minimum Gasteiger partial charge on any atom is -0.497 e. The molecule has 3 rings (SSSR count). The fourth-order valence-electron chi connectivity index (χ4n) is 3.79. The van der Waals surface area contributed by atoms with Crippen molar-refractivity contribution in [1.29, 1.82) is 0 Å². The monoisotopic (exact) mass is 275 g/mol. The van der Waals surface area contributed by atoms with E-state index in [9.17, 15) is 0 Å². The van der Waals surface area contributed by atoms with Crippen LogP contribution in [0.4, 0.5) is 0 Å². The Morgan fingerprint density at radius 2 is 2.10 bits per heavy atom. The molecule has 2 aliphatic rings. The Labute approximate surface area is 121 Å². The average Bonchev–Trinajstić information content (AvgIpc) is 3.11. The van der Waals surface area contributed by atoms with Gasteiger partial charge < -0.3 is 14.8 Å². The Bertz CT molecular complexity index is 431. The van der Waals surface area contributed by atoms with Crippen LogP contribution in [0.2, 0.25) is 0 Å². The summed E-state index contributed by atoms with van der Waals surface area (Å²) >= 11 is 0. The third-order valence-corrected chi connectivity index (χ3v) is 4.94. The molecule has 0 amide bonds. The molecule has 1 aromatic rings. The molecule has 2 aliphatic heterocycles.